The summed E-state index contributed by atoms with van der Waals surface area (Å²) < 4.78 is 9.61. The summed E-state index contributed by atoms with van der Waals surface area (Å²) in [5, 5.41) is 0. The van der Waals surface area contributed by atoms with Gasteiger partial charge in [0.2, 0.25) is 0 Å². The normalized spacial score (nSPS) is 13.2. The molecule has 0 aliphatic carbocycles. The molecule has 0 radical (unpaired) electrons. The maximum atomic E-state index is 10.3. The average Bonchev–Trinajstić information content (AvgIpc) is 1.83. The van der Waals surface area contributed by atoms with Crippen molar-refractivity contribution in [2.75, 3.05) is 13.7 Å². The van der Waals surface area contributed by atoms with E-state index in [4.69, 9.17) is 9.47 Å². The summed E-state index contributed by atoms with van der Waals surface area (Å²) in [4.78, 5) is 10.3. The number of rotatable bonds is 4. The molecule has 0 aromatic heterocycles. The van der Waals surface area contributed by atoms with Crippen LogP contribution >= 0.6 is 0 Å². The fourth-order valence-corrected chi connectivity index (χ4v) is 0.303. The molecular formula is C6H12O3. The SMILES string of the molecule is CO[C@@H](C)OCC(C)=O. The van der Waals surface area contributed by atoms with Crippen LogP contribution in [-0.4, -0.2) is 25.8 Å². The van der Waals surface area contributed by atoms with E-state index in [9.17, 15) is 4.79 Å². The van der Waals surface area contributed by atoms with Gasteiger partial charge in [0.15, 0.2) is 12.1 Å². The van der Waals surface area contributed by atoms with E-state index in [-0.39, 0.29) is 18.7 Å². The van der Waals surface area contributed by atoms with Crippen LogP contribution < -0.4 is 0 Å². The minimum Gasteiger partial charge on any atom is -0.356 e. The summed E-state index contributed by atoms with van der Waals surface area (Å²) in [5.41, 5.74) is 0. The molecule has 3 nitrogen and oxygen atoms in total. The summed E-state index contributed by atoms with van der Waals surface area (Å²) in [6, 6.07) is 0. The number of Topliss-reactive ketones (excluding diaryl/α,β-unsaturated/α-hetero) is 1. The van der Waals surface area contributed by atoms with Crippen molar-refractivity contribution in [1.82, 2.24) is 0 Å². The molecule has 1 atom stereocenters. The average molecular weight is 132 g/mol. The number of hydrogen-bond donors (Lipinski definition) is 0. The molecule has 0 amide bonds. The molecule has 9 heavy (non-hydrogen) atoms. The highest BCUT2D eigenvalue weighted by atomic mass is 16.7. The molecule has 0 spiro atoms. The number of methoxy groups -OCH3 is 1. The third-order valence-corrected chi connectivity index (χ3v) is 0.853. The molecule has 0 fully saturated rings. The molecule has 0 saturated heterocycles. The van der Waals surface area contributed by atoms with Gasteiger partial charge in [0.05, 0.1) is 0 Å². The predicted octanol–water partition coefficient (Wildman–Crippen LogP) is 0.584. The second kappa shape index (κ2) is 4.47. The Morgan fingerprint density at radius 1 is 1.67 bits per heavy atom. The first-order chi connectivity index (χ1) is 4.16. The first kappa shape index (κ1) is 8.59. The number of carbonyl (C=O) groups is 1. The standard InChI is InChI=1S/C6H12O3/c1-5(7)4-9-6(2)8-3/h6H,4H2,1-3H3/t6-/m1/s1. The largest absolute Gasteiger partial charge is 0.356 e. The topological polar surface area (TPSA) is 35.5 Å². The zero-order chi connectivity index (χ0) is 7.28. The van der Waals surface area contributed by atoms with E-state index in [1.165, 1.54) is 14.0 Å². The van der Waals surface area contributed by atoms with Crippen LogP contribution in [0.1, 0.15) is 13.8 Å². The first-order valence-corrected chi connectivity index (χ1v) is 2.80. The van der Waals surface area contributed by atoms with Gasteiger partial charge in [-0.25, -0.2) is 0 Å². The van der Waals surface area contributed by atoms with Gasteiger partial charge in [-0.3, -0.25) is 4.79 Å². The van der Waals surface area contributed by atoms with Crippen LogP contribution in [-0.2, 0) is 14.3 Å². The molecular weight excluding hydrogens is 120 g/mol. The lowest BCUT2D eigenvalue weighted by molar-refractivity contribution is -0.140. The highest BCUT2D eigenvalue weighted by Crippen LogP contribution is 1.89. The van der Waals surface area contributed by atoms with Crippen molar-refractivity contribution >= 4 is 5.78 Å². The molecule has 0 aliphatic heterocycles. The summed E-state index contributed by atoms with van der Waals surface area (Å²) in [5.74, 6) is 0.0129. The van der Waals surface area contributed by atoms with Crippen molar-refractivity contribution < 1.29 is 14.3 Å². The molecule has 0 aliphatic rings. The smallest absolute Gasteiger partial charge is 0.155 e. The van der Waals surface area contributed by atoms with Crippen molar-refractivity contribution in [3.05, 3.63) is 0 Å². The second-order valence-electron chi connectivity index (χ2n) is 1.82. The Morgan fingerprint density at radius 3 is 2.56 bits per heavy atom. The highest BCUT2D eigenvalue weighted by molar-refractivity contribution is 5.76. The maximum Gasteiger partial charge on any atom is 0.155 e. The zero-order valence-corrected chi connectivity index (χ0v) is 6.01. The summed E-state index contributed by atoms with van der Waals surface area (Å²) in [6.45, 7) is 3.35. The second-order valence-corrected chi connectivity index (χ2v) is 1.82. The number of carbonyl (C=O) groups excluding carboxylic acids is 1. The molecule has 0 aromatic carbocycles. The van der Waals surface area contributed by atoms with Gasteiger partial charge in [0, 0.05) is 7.11 Å². The molecule has 3 heteroatoms. The van der Waals surface area contributed by atoms with Crippen molar-refractivity contribution in [2.45, 2.75) is 20.1 Å². The summed E-state index contributed by atoms with van der Waals surface area (Å²) in [6.07, 6.45) is -0.283. The zero-order valence-electron chi connectivity index (χ0n) is 6.01. The molecule has 0 unspecified atom stereocenters. The molecule has 0 rings (SSSR count). The molecule has 0 aromatic rings. The van der Waals surface area contributed by atoms with E-state index in [0.29, 0.717) is 0 Å². The van der Waals surface area contributed by atoms with Gasteiger partial charge in [0.1, 0.15) is 6.61 Å². The number of hydrogen-bond acceptors (Lipinski definition) is 3. The molecule has 54 valence electrons. The van der Waals surface area contributed by atoms with Crippen LogP contribution in [0.4, 0.5) is 0 Å². The summed E-state index contributed by atoms with van der Waals surface area (Å²) >= 11 is 0. The lowest BCUT2D eigenvalue weighted by Gasteiger charge is -2.07. The van der Waals surface area contributed by atoms with Crippen LogP contribution in [0, 0.1) is 0 Å². The third-order valence-electron chi connectivity index (χ3n) is 0.853. The fraction of sp³-hybridized carbons (Fsp3) is 0.833. The minimum atomic E-state index is -0.283. The lowest BCUT2D eigenvalue weighted by Crippen LogP contribution is -2.14. The number of ketones is 1. The van der Waals surface area contributed by atoms with E-state index >= 15 is 0 Å². The van der Waals surface area contributed by atoms with Gasteiger partial charge in [-0.15, -0.1) is 0 Å². The van der Waals surface area contributed by atoms with Gasteiger partial charge < -0.3 is 9.47 Å². The Labute approximate surface area is 55.0 Å². The Morgan fingerprint density at radius 2 is 2.22 bits per heavy atom. The third kappa shape index (κ3) is 5.46. The minimum absolute atomic E-state index is 0.0129. The fourth-order valence-electron chi connectivity index (χ4n) is 0.303. The van der Waals surface area contributed by atoms with Crippen LogP contribution in [0.5, 0.6) is 0 Å². The van der Waals surface area contributed by atoms with Crippen molar-refractivity contribution in [3.8, 4) is 0 Å². The predicted molar refractivity (Wildman–Crippen MR) is 33.1 cm³/mol. The van der Waals surface area contributed by atoms with Crippen molar-refractivity contribution in [1.29, 1.82) is 0 Å². The van der Waals surface area contributed by atoms with Crippen LogP contribution in [0.25, 0.3) is 0 Å². The van der Waals surface area contributed by atoms with Crippen LogP contribution in [0.3, 0.4) is 0 Å². The molecule has 0 N–H and O–H groups in total. The van der Waals surface area contributed by atoms with Crippen LogP contribution in [0.15, 0.2) is 0 Å². The Bertz CT molecular complexity index is 90.3. The maximum absolute atomic E-state index is 10.3. The van der Waals surface area contributed by atoms with E-state index in [1.807, 2.05) is 0 Å². The van der Waals surface area contributed by atoms with E-state index in [1.54, 1.807) is 6.92 Å². The van der Waals surface area contributed by atoms with Gasteiger partial charge >= 0.3 is 0 Å². The molecule has 0 saturated carbocycles. The van der Waals surface area contributed by atoms with E-state index in [2.05, 4.69) is 0 Å². The quantitative estimate of drug-likeness (QED) is 0.525. The van der Waals surface area contributed by atoms with Gasteiger partial charge in [-0.1, -0.05) is 0 Å². The van der Waals surface area contributed by atoms with Crippen molar-refractivity contribution in [2.24, 2.45) is 0 Å². The van der Waals surface area contributed by atoms with Crippen molar-refractivity contribution in [3.63, 3.8) is 0 Å². The highest BCUT2D eigenvalue weighted by Gasteiger charge is 1.99. The van der Waals surface area contributed by atoms with E-state index in [0.717, 1.165) is 0 Å². The Kier molecular flexibility index (Phi) is 4.26. The molecule has 0 heterocycles. The van der Waals surface area contributed by atoms with Gasteiger partial charge in [0.25, 0.3) is 0 Å². The Hall–Kier alpha value is -0.410. The molecule has 0 bridgehead atoms. The van der Waals surface area contributed by atoms with Crippen LogP contribution in [0.2, 0.25) is 0 Å². The first-order valence-electron chi connectivity index (χ1n) is 2.80. The van der Waals surface area contributed by atoms with Gasteiger partial charge in [-0.2, -0.15) is 0 Å². The van der Waals surface area contributed by atoms with E-state index < -0.39 is 0 Å². The number of ether oxygens (including phenoxy) is 2. The Balaban J connectivity index is 3.16. The summed E-state index contributed by atoms with van der Waals surface area (Å²) in [7, 11) is 1.53. The lowest BCUT2D eigenvalue weighted by atomic mass is 10.5. The monoisotopic (exact) mass is 132 g/mol. The van der Waals surface area contributed by atoms with Gasteiger partial charge in [-0.05, 0) is 13.8 Å².